The minimum Gasteiger partial charge on any atom is -0.458 e. The zero-order valence-electron chi connectivity index (χ0n) is 7.79. The SMILES string of the molecule is CC(C)=CC(=O)CC1=CCOC1=O. The molecule has 0 aromatic heterocycles. The maximum absolute atomic E-state index is 11.2. The topological polar surface area (TPSA) is 43.4 Å². The van der Waals surface area contributed by atoms with Crippen molar-refractivity contribution in [3.8, 4) is 0 Å². The van der Waals surface area contributed by atoms with Crippen molar-refractivity contribution in [2.24, 2.45) is 0 Å². The number of carbonyl (C=O) groups is 2. The number of cyclic esters (lactones) is 1. The highest BCUT2D eigenvalue weighted by Crippen LogP contribution is 2.11. The number of hydrogen-bond acceptors (Lipinski definition) is 3. The molecule has 3 nitrogen and oxygen atoms in total. The Morgan fingerprint density at radius 3 is 2.77 bits per heavy atom. The number of hydrogen-bond donors (Lipinski definition) is 0. The van der Waals surface area contributed by atoms with Crippen LogP contribution in [0.5, 0.6) is 0 Å². The van der Waals surface area contributed by atoms with E-state index in [2.05, 4.69) is 4.74 Å². The molecule has 1 heterocycles. The van der Waals surface area contributed by atoms with Gasteiger partial charge in [0, 0.05) is 12.0 Å². The standard InChI is InChI=1S/C10H12O3/c1-7(2)5-9(11)6-8-3-4-13-10(8)12/h3,5H,4,6H2,1-2H3. The molecule has 0 spiro atoms. The molecule has 0 aromatic carbocycles. The minimum atomic E-state index is -0.365. The number of esters is 1. The van der Waals surface area contributed by atoms with Gasteiger partial charge in [-0.1, -0.05) is 5.57 Å². The number of rotatable bonds is 3. The Kier molecular flexibility index (Phi) is 3.01. The first kappa shape index (κ1) is 9.71. The summed E-state index contributed by atoms with van der Waals surface area (Å²) in [4.78, 5) is 22.2. The summed E-state index contributed by atoms with van der Waals surface area (Å²) in [6, 6.07) is 0. The van der Waals surface area contributed by atoms with E-state index in [9.17, 15) is 9.59 Å². The Morgan fingerprint density at radius 2 is 2.31 bits per heavy atom. The molecule has 0 unspecified atom stereocenters. The summed E-state index contributed by atoms with van der Waals surface area (Å²) in [7, 11) is 0. The first-order valence-electron chi connectivity index (χ1n) is 4.13. The van der Waals surface area contributed by atoms with Gasteiger partial charge in [0.15, 0.2) is 5.78 Å². The summed E-state index contributed by atoms with van der Waals surface area (Å²) in [5.41, 5.74) is 1.42. The predicted octanol–water partition coefficient (Wildman–Crippen LogP) is 1.40. The lowest BCUT2D eigenvalue weighted by molar-refractivity contribution is -0.136. The summed E-state index contributed by atoms with van der Waals surface area (Å²) >= 11 is 0. The van der Waals surface area contributed by atoms with Crippen molar-refractivity contribution < 1.29 is 14.3 Å². The van der Waals surface area contributed by atoms with Crippen molar-refractivity contribution in [1.82, 2.24) is 0 Å². The van der Waals surface area contributed by atoms with Crippen LogP contribution in [0.4, 0.5) is 0 Å². The number of ketones is 1. The maximum Gasteiger partial charge on any atom is 0.334 e. The normalized spacial score (nSPS) is 14.9. The van der Waals surface area contributed by atoms with Gasteiger partial charge in [-0.25, -0.2) is 4.79 Å². The van der Waals surface area contributed by atoms with Gasteiger partial charge in [-0.15, -0.1) is 0 Å². The zero-order valence-corrected chi connectivity index (χ0v) is 7.79. The summed E-state index contributed by atoms with van der Waals surface area (Å²) in [6.45, 7) is 3.99. The van der Waals surface area contributed by atoms with Crippen LogP contribution in [-0.2, 0) is 14.3 Å². The van der Waals surface area contributed by atoms with E-state index in [0.717, 1.165) is 5.57 Å². The predicted molar refractivity (Wildman–Crippen MR) is 48.1 cm³/mol. The second-order valence-electron chi connectivity index (χ2n) is 3.19. The molecule has 0 fully saturated rings. The Bertz CT molecular complexity index is 293. The molecule has 70 valence electrons. The van der Waals surface area contributed by atoms with Gasteiger partial charge in [0.25, 0.3) is 0 Å². The fraction of sp³-hybridized carbons (Fsp3) is 0.400. The monoisotopic (exact) mass is 180 g/mol. The van der Waals surface area contributed by atoms with E-state index < -0.39 is 0 Å². The van der Waals surface area contributed by atoms with Crippen LogP contribution >= 0.6 is 0 Å². The second-order valence-corrected chi connectivity index (χ2v) is 3.19. The smallest absolute Gasteiger partial charge is 0.334 e. The molecule has 1 aliphatic heterocycles. The van der Waals surface area contributed by atoms with Gasteiger partial charge >= 0.3 is 5.97 Å². The number of allylic oxidation sites excluding steroid dienone is 2. The molecule has 13 heavy (non-hydrogen) atoms. The highest BCUT2D eigenvalue weighted by molar-refractivity contribution is 6.01. The van der Waals surface area contributed by atoms with Gasteiger partial charge in [-0.3, -0.25) is 4.79 Å². The average Bonchev–Trinajstić information content (AvgIpc) is 2.34. The van der Waals surface area contributed by atoms with E-state index in [-0.39, 0.29) is 18.2 Å². The minimum absolute atomic E-state index is 0.0508. The van der Waals surface area contributed by atoms with E-state index in [1.54, 1.807) is 6.08 Å². The molecule has 0 amide bonds. The van der Waals surface area contributed by atoms with Gasteiger partial charge in [-0.2, -0.15) is 0 Å². The Balaban J connectivity index is 2.55. The summed E-state index contributed by atoms with van der Waals surface area (Å²) < 4.78 is 4.67. The fourth-order valence-electron chi connectivity index (χ4n) is 1.10. The highest BCUT2D eigenvalue weighted by Gasteiger charge is 2.18. The molecule has 0 atom stereocenters. The van der Waals surface area contributed by atoms with Crippen LogP contribution in [0.2, 0.25) is 0 Å². The fourth-order valence-corrected chi connectivity index (χ4v) is 1.10. The third-order valence-corrected chi connectivity index (χ3v) is 1.62. The quantitative estimate of drug-likeness (QED) is 0.487. The van der Waals surface area contributed by atoms with E-state index >= 15 is 0 Å². The van der Waals surface area contributed by atoms with Crippen molar-refractivity contribution in [3.63, 3.8) is 0 Å². The Labute approximate surface area is 77.1 Å². The molecule has 0 N–H and O–H groups in total. The van der Waals surface area contributed by atoms with Gasteiger partial charge in [0.2, 0.25) is 0 Å². The van der Waals surface area contributed by atoms with E-state index in [4.69, 9.17) is 0 Å². The van der Waals surface area contributed by atoms with Gasteiger partial charge in [-0.05, 0) is 26.0 Å². The third-order valence-electron chi connectivity index (χ3n) is 1.62. The number of ether oxygens (including phenoxy) is 1. The largest absolute Gasteiger partial charge is 0.458 e. The lowest BCUT2D eigenvalue weighted by Crippen LogP contribution is -2.04. The van der Waals surface area contributed by atoms with Crippen molar-refractivity contribution in [3.05, 3.63) is 23.3 Å². The van der Waals surface area contributed by atoms with E-state index in [1.807, 2.05) is 13.8 Å². The van der Waals surface area contributed by atoms with E-state index in [0.29, 0.717) is 12.2 Å². The second kappa shape index (κ2) is 4.03. The van der Waals surface area contributed by atoms with Gasteiger partial charge in [0.1, 0.15) is 6.61 Å². The Morgan fingerprint density at radius 1 is 1.62 bits per heavy atom. The lowest BCUT2D eigenvalue weighted by Gasteiger charge is -1.95. The Hall–Kier alpha value is -1.38. The average molecular weight is 180 g/mol. The molecule has 0 saturated carbocycles. The van der Waals surface area contributed by atoms with Crippen molar-refractivity contribution in [2.45, 2.75) is 20.3 Å². The third kappa shape index (κ3) is 2.86. The van der Waals surface area contributed by atoms with Crippen LogP contribution in [0.25, 0.3) is 0 Å². The molecule has 1 rings (SSSR count). The van der Waals surface area contributed by atoms with Crippen molar-refractivity contribution in [2.75, 3.05) is 6.61 Å². The first-order chi connectivity index (χ1) is 6.09. The molecule has 1 aliphatic rings. The van der Waals surface area contributed by atoms with Gasteiger partial charge < -0.3 is 4.74 Å². The maximum atomic E-state index is 11.2. The van der Waals surface area contributed by atoms with Crippen LogP contribution in [0.15, 0.2) is 23.3 Å². The van der Waals surface area contributed by atoms with E-state index in [1.165, 1.54) is 6.08 Å². The van der Waals surface area contributed by atoms with Crippen LogP contribution in [-0.4, -0.2) is 18.4 Å². The molecule has 0 saturated heterocycles. The molecule has 0 aliphatic carbocycles. The summed E-state index contributed by atoms with van der Waals surface area (Å²) in [5, 5.41) is 0. The summed E-state index contributed by atoms with van der Waals surface area (Å²) in [5.74, 6) is -0.416. The molecule has 0 aromatic rings. The van der Waals surface area contributed by atoms with Crippen LogP contribution in [0.3, 0.4) is 0 Å². The highest BCUT2D eigenvalue weighted by atomic mass is 16.5. The summed E-state index contributed by atoms with van der Waals surface area (Å²) in [6.07, 6.45) is 3.34. The molecular weight excluding hydrogens is 168 g/mol. The van der Waals surface area contributed by atoms with Crippen molar-refractivity contribution >= 4 is 11.8 Å². The number of carbonyl (C=O) groups excluding carboxylic acids is 2. The van der Waals surface area contributed by atoms with Crippen LogP contribution in [0, 0.1) is 0 Å². The molecule has 0 radical (unpaired) electrons. The molecule has 0 bridgehead atoms. The zero-order chi connectivity index (χ0) is 9.84. The van der Waals surface area contributed by atoms with Crippen LogP contribution in [0.1, 0.15) is 20.3 Å². The molecule has 3 heteroatoms. The van der Waals surface area contributed by atoms with Gasteiger partial charge in [0.05, 0.1) is 0 Å². The molecular formula is C10H12O3. The van der Waals surface area contributed by atoms with Crippen molar-refractivity contribution in [1.29, 1.82) is 0 Å². The van der Waals surface area contributed by atoms with Crippen LogP contribution < -0.4 is 0 Å². The lowest BCUT2D eigenvalue weighted by atomic mass is 10.1. The first-order valence-corrected chi connectivity index (χ1v) is 4.13.